The van der Waals surface area contributed by atoms with Gasteiger partial charge in [0, 0.05) is 15.9 Å². The molecule has 0 heterocycles. The van der Waals surface area contributed by atoms with Gasteiger partial charge in [-0.25, -0.2) is 4.79 Å². The Morgan fingerprint density at radius 2 is 1.89 bits per heavy atom. The highest BCUT2D eigenvalue weighted by molar-refractivity contribution is 9.18. The average molecular weight is 303 g/mol. The molecule has 0 aliphatic heterocycles. The summed E-state index contributed by atoms with van der Waals surface area (Å²) in [5.74, 6) is 0. The molecule has 0 radical (unpaired) electrons. The van der Waals surface area contributed by atoms with Gasteiger partial charge in [0.1, 0.15) is 6.61 Å². The molecule has 1 aliphatic carbocycles. The number of hydrogen-bond donors (Lipinski definition) is 0. The lowest BCUT2D eigenvalue weighted by Crippen LogP contribution is -1.98. The molecule has 0 atom stereocenters. The van der Waals surface area contributed by atoms with Crippen LogP contribution >= 0.6 is 15.9 Å². The molecule has 0 bridgehead atoms. The van der Waals surface area contributed by atoms with Gasteiger partial charge in [-0.1, -0.05) is 42.5 Å². The van der Waals surface area contributed by atoms with Crippen molar-refractivity contribution in [2.45, 2.75) is 13.0 Å². The van der Waals surface area contributed by atoms with Gasteiger partial charge in [0.05, 0.1) is 0 Å². The van der Waals surface area contributed by atoms with Crippen LogP contribution in [0.5, 0.6) is 0 Å². The molecule has 2 aromatic rings. The summed E-state index contributed by atoms with van der Waals surface area (Å²) >= 11 is 2.78. The molecule has 2 nitrogen and oxygen atoms in total. The highest BCUT2D eigenvalue weighted by Gasteiger charge is 2.20. The van der Waals surface area contributed by atoms with Crippen LogP contribution in [0.3, 0.4) is 0 Å². The minimum atomic E-state index is -0.421. The van der Waals surface area contributed by atoms with Gasteiger partial charge < -0.3 is 4.74 Å². The second kappa shape index (κ2) is 4.58. The van der Waals surface area contributed by atoms with Crippen molar-refractivity contribution < 1.29 is 9.53 Å². The molecule has 2 aromatic carbocycles. The van der Waals surface area contributed by atoms with E-state index in [9.17, 15) is 4.79 Å². The molecule has 0 saturated heterocycles. The first-order chi connectivity index (χ1) is 8.75. The number of halogens is 1. The summed E-state index contributed by atoms with van der Waals surface area (Å²) in [6, 6.07) is 14.6. The van der Waals surface area contributed by atoms with Crippen molar-refractivity contribution in [3.8, 4) is 11.1 Å². The Labute approximate surface area is 114 Å². The van der Waals surface area contributed by atoms with Gasteiger partial charge in [0.15, 0.2) is 0 Å². The van der Waals surface area contributed by atoms with Crippen LogP contribution in [0.2, 0.25) is 0 Å². The van der Waals surface area contributed by atoms with Crippen molar-refractivity contribution in [1.29, 1.82) is 0 Å². The lowest BCUT2D eigenvalue weighted by atomic mass is 10.0. The molecular formula is C15H11BrO2. The number of hydrogen-bond acceptors (Lipinski definition) is 2. The van der Waals surface area contributed by atoms with Gasteiger partial charge in [-0.15, -0.1) is 0 Å². The van der Waals surface area contributed by atoms with Crippen LogP contribution in [0.15, 0.2) is 42.5 Å². The molecule has 18 heavy (non-hydrogen) atoms. The van der Waals surface area contributed by atoms with Crippen LogP contribution in [0.25, 0.3) is 11.1 Å². The van der Waals surface area contributed by atoms with E-state index in [4.69, 9.17) is 4.74 Å². The summed E-state index contributed by atoms with van der Waals surface area (Å²) in [5.41, 5.74) is 6.24. The second-order valence-electron chi connectivity index (χ2n) is 4.30. The lowest BCUT2D eigenvalue weighted by molar-refractivity contribution is 0.170. The third-order valence-electron chi connectivity index (χ3n) is 3.29. The summed E-state index contributed by atoms with van der Waals surface area (Å²) in [6.45, 7) is 0.321. The molecule has 0 unspecified atom stereocenters. The minimum Gasteiger partial charge on any atom is -0.452 e. The fraction of sp³-hybridized carbons (Fsp3) is 0.133. The first-order valence-electron chi connectivity index (χ1n) is 5.77. The van der Waals surface area contributed by atoms with E-state index in [1.165, 1.54) is 22.3 Å². The second-order valence-corrected chi connectivity index (χ2v) is 4.95. The predicted octanol–water partition coefficient (Wildman–Crippen LogP) is 4.29. The molecule has 0 aromatic heterocycles. The number of benzene rings is 2. The van der Waals surface area contributed by atoms with Crippen molar-refractivity contribution in [3.63, 3.8) is 0 Å². The SMILES string of the molecule is O=C(Br)OCc1cccc2c1Cc1ccccc1-2. The Morgan fingerprint density at radius 3 is 2.72 bits per heavy atom. The molecule has 0 fully saturated rings. The zero-order chi connectivity index (χ0) is 12.5. The molecule has 0 N–H and O–H groups in total. The third kappa shape index (κ3) is 1.95. The number of rotatable bonds is 2. The van der Waals surface area contributed by atoms with Gasteiger partial charge in [-0.05, 0) is 34.2 Å². The van der Waals surface area contributed by atoms with Gasteiger partial charge in [-0.3, -0.25) is 0 Å². The van der Waals surface area contributed by atoms with E-state index in [0.29, 0.717) is 6.61 Å². The van der Waals surface area contributed by atoms with Crippen molar-refractivity contribution in [3.05, 3.63) is 59.2 Å². The molecule has 3 heteroatoms. The standard InChI is InChI=1S/C15H11BrO2/c16-15(17)18-9-11-5-3-7-13-12-6-2-1-4-10(12)8-14(11)13/h1-7H,8-9H2. The lowest BCUT2D eigenvalue weighted by Gasteiger charge is -2.07. The zero-order valence-electron chi connectivity index (χ0n) is 9.65. The minimum absolute atomic E-state index is 0.321. The topological polar surface area (TPSA) is 26.3 Å². The summed E-state index contributed by atoms with van der Waals surface area (Å²) in [6.07, 6.45) is 0.918. The van der Waals surface area contributed by atoms with E-state index >= 15 is 0 Å². The molecular weight excluding hydrogens is 292 g/mol. The van der Waals surface area contributed by atoms with E-state index < -0.39 is 4.88 Å². The summed E-state index contributed by atoms with van der Waals surface area (Å²) in [7, 11) is 0. The maximum Gasteiger partial charge on any atom is 0.374 e. The van der Waals surface area contributed by atoms with Crippen molar-refractivity contribution in [2.75, 3.05) is 0 Å². The normalized spacial score (nSPS) is 11.8. The third-order valence-corrected chi connectivity index (χ3v) is 3.52. The molecule has 0 amide bonds. The fourth-order valence-electron chi connectivity index (χ4n) is 2.49. The Kier molecular flexibility index (Phi) is 2.92. The van der Waals surface area contributed by atoms with E-state index in [1.54, 1.807) is 0 Å². The van der Waals surface area contributed by atoms with E-state index in [0.717, 1.165) is 12.0 Å². The van der Waals surface area contributed by atoms with Gasteiger partial charge in [0.25, 0.3) is 0 Å². The quantitative estimate of drug-likeness (QED) is 0.660. The molecule has 0 spiro atoms. The molecule has 1 aliphatic rings. The largest absolute Gasteiger partial charge is 0.452 e. The van der Waals surface area contributed by atoms with Crippen molar-refractivity contribution in [1.82, 2.24) is 0 Å². The Hall–Kier alpha value is -1.61. The molecule has 90 valence electrons. The van der Waals surface area contributed by atoms with Crippen LogP contribution in [-0.4, -0.2) is 4.88 Å². The maximum atomic E-state index is 10.8. The van der Waals surface area contributed by atoms with Crippen molar-refractivity contribution >= 4 is 20.8 Å². The van der Waals surface area contributed by atoms with Crippen LogP contribution in [0, 0.1) is 0 Å². The maximum absolute atomic E-state index is 10.8. The fourth-order valence-corrected chi connectivity index (χ4v) is 2.61. The van der Waals surface area contributed by atoms with Crippen LogP contribution in [0.4, 0.5) is 4.79 Å². The predicted molar refractivity (Wildman–Crippen MR) is 73.8 cm³/mol. The molecule has 3 rings (SSSR count). The number of fused-ring (bicyclic) bond motifs is 3. The van der Waals surface area contributed by atoms with E-state index in [-0.39, 0.29) is 0 Å². The summed E-state index contributed by atoms with van der Waals surface area (Å²) in [5, 5.41) is 0. The number of carbonyl (C=O) groups is 1. The Balaban J connectivity index is 2.00. The van der Waals surface area contributed by atoms with Crippen LogP contribution in [-0.2, 0) is 17.8 Å². The van der Waals surface area contributed by atoms with Crippen LogP contribution < -0.4 is 0 Å². The average Bonchev–Trinajstić information content (AvgIpc) is 2.75. The first kappa shape index (κ1) is 11.5. The highest BCUT2D eigenvalue weighted by Crippen LogP contribution is 2.38. The Bertz CT molecular complexity index is 620. The van der Waals surface area contributed by atoms with Gasteiger partial charge in [-0.2, -0.15) is 0 Å². The van der Waals surface area contributed by atoms with Crippen molar-refractivity contribution in [2.24, 2.45) is 0 Å². The number of carbonyl (C=O) groups excluding carboxylic acids is 1. The molecule has 0 saturated carbocycles. The summed E-state index contributed by atoms with van der Waals surface area (Å²) < 4.78 is 5.03. The van der Waals surface area contributed by atoms with Crippen LogP contribution in [0.1, 0.15) is 16.7 Å². The zero-order valence-corrected chi connectivity index (χ0v) is 11.2. The smallest absolute Gasteiger partial charge is 0.374 e. The number of ether oxygens (including phenoxy) is 1. The van der Waals surface area contributed by atoms with E-state index in [1.807, 2.05) is 12.1 Å². The summed E-state index contributed by atoms with van der Waals surface area (Å²) in [4.78, 5) is 10.4. The Morgan fingerprint density at radius 1 is 1.11 bits per heavy atom. The van der Waals surface area contributed by atoms with Gasteiger partial charge >= 0.3 is 4.88 Å². The highest BCUT2D eigenvalue weighted by atomic mass is 79.9. The monoisotopic (exact) mass is 302 g/mol. The van der Waals surface area contributed by atoms with Gasteiger partial charge in [0.2, 0.25) is 0 Å². The first-order valence-corrected chi connectivity index (χ1v) is 6.56. The van der Waals surface area contributed by atoms with E-state index in [2.05, 4.69) is 46.3 Å².